The molecule has 0 saturated heterocycles. The van der Waals surface area contributed by atoms with Gasteiger partial charge in [0.05, 0.1) is 0 Å². The van der Waals surface area contributed by atoms with Gasteiger partial charge in [-0.05, 0) is 30.5 Å². The fraction of sp³-hybridized carbons (Fsp3) is 0.125. The third-order valence-electron chi connectivity index (χ3n) is 2.85. The molecule has 0 bridgehead atoms. The van der Waals surface area contributed by atoms with E-state index in [0.717, 1.165) is 18.5 Å². The third-order valence-corrected chi connectivity index (χ3v) is 2.85. The van der Waals surface area contributed by atoms with E-state index in [2.05, 4.69) is 34.5 Å². The topological polar surface area (TPSA) is 54.0 Å². The van der Waals surface area contributed by atoms with Crippen molar-refractivity contribution in [2.75, 3.05) is 0 Å². The summed E-state index contributed by atoms with van der Waals surface area (Å²) < 4.78 is 0. The molecule has 0 radical (unpaired) electrons. The lowest BCUT2D eigenvalue weighted by atomic mass is 10.1. The predicted molar refractivity (Wildman–Crippen MR) is 78.7 cm³/mol. The van der Waals surface area contributed by atoms with Crippen LogP contribution < -0.4 is 10.9 Å². The molecule has 0 spiro atoms. The summed E-state index contributed by atoms with van der Waals surface area (Å²) in [6.45, 7) is 3.90. The molecule has 4 heteroatoms. The van der Waals surface area contributed by atoms with Crippen molar-refractivity contribution in [2.24, 2.45) is 0 Å². The van der Waals surface area contributed by atoms with Crippen LogP contribution in [0.3, 0.4) is 0 Å². The van der Waals surface area contributed by atoms with Gasteiger partial charge in [0.15, 0.2) is 0 Å². The number of aromatic nitrogens is 1. The van der Waals surface area contributed by atoms with Crippen LogP contribution in [0.4, 0.5) is 0 Å². The van der Waals surface area contributed by atoms with E-state index in [1.165, 1.54) is 5.56 Å². The summed E-state index contributed by atoms with van der Waals surface area (Å²) in [6, 6.07) is 13.5. The van der Waals surface area contributed by atoms with Crippen molar-refractivity contribution < 1.29 is 4.79 Å². The summed E-state index contributed by atoms with van der Waals surface area (Å²) in [5.74, 6) is -0.201. The lowest BCUT2D eigenvalue weighted by Crippen LogP contribution is -2.36. The van der Waals surface area contributed by atoms with Crippen LogP contribution in [0.5, 0.6) is 0 Å². The maximum Gasteiger partial charge on any atom is 0.269 e. The zero-order chi connectivity index (χ0) is 14.2. The van der Waals surface area contributed by atoms with E-state index in [9.17, 15) is 4.79 Å². The standard InChI is InChI=1S/C16H17N3O/c1-13(7-8-14-5-3-2-4-6-14)18-19-16(20)15-9-11-17-12-10-15/h2-6,9-12,18H,1,7-8H2,(H,19,20). The molecule has 0 atom stereocenters. The molecule has 4 nitrogen and oxygen atoms in total. The van der Waals surface area contributed by atoms with Crippen LogP contribution in [0.1, 0.15) is 22.3 Å². The Bertz CT molecular complexity index is 567. The van der Waals surface area contributed by atoms with Crippen LogP contribution >= 0.6 is 0 Å². The molecule has 0 aliphatic carbocycles. The predicted octanol–water partition coefficient (Wildman–Crippen LogP) is 2.46. The first-order valence-corrected chi connectivity index (χ1v) is 6.44. The van der Waals surface area contributed by atoms with Crippen LogP contribution in [0, 0.1) is 0 Å². The minimum absolute atomic E-state index is 0.201. The van der Waals surface area contributed by atoms with Gasteiger partial charge < -0.3 is 5.43 Å². The molecule has 0 aliphatic rings. The van der Waals surface area contributed by atoms with E-state index in [1.807, 2.05) is 18.2 Å². The van der Waals surface area contributed by atoms with Gasteiger partial charge in [-0.2, -0.15) is 0 Å². The van der Waals surface area contributed by atoms with E-state index < -0.39 is 0 Å². The first-order valence-electron chi connectivity index (χ1n) is 6.44. The Balaban J connectivity index is 1.74. The minimum atomic E-state index is -0.201. The molecule has 2 N–H and O–H groups in total. The molecule has 0 aliphatic heterocycles. The van der Waals surface area contributed by atoms with Gasteiger partial charge >= 0.3 is 0 Å². The minimum Gasteiger partial charge on any atom is -0.303 e. The van der Waals surface area contributed by atoms with Crippen LogP contribution in [-0.2, 0) is 6.42 Å². The van der Waals surface area contributed by atoms with E-state index >= 15 is 0 Å². The highest BCUT2D eigenvalue weighted by molar-refractivity contribution is 5.93. The summed E-state index contributed by atoms with van der Waals surface area (Å²) in [5, 5.41) is 0. The number of allylic oxidation sites excluding steroid dienone is 1. The molecule has 0 saturated carbocycles. The van der Waals surface area contributed by atoms with Gasteiger partial charge in [-0.25, -0.2) is 0 Å². The van der Waals surface area contributed by atoms with Gasteiger partial charge in [-0.3, -0.25) is 15.2 Å². The van der Waals surface area contributed by atoms with Crippen molar-refractivity contribution in [2.45, 2.75) is 12.8 Å². The Kier molecular flexibility index (Phi) is 4.89. The SMILES string of the molecule is C=C(CCc1ccccc1)NNC(=O)c1ccncc1. The molecule has 20 heavy (non-hydrogen) atoms. The first-order chi connectivity index (χ1) is 9.75. The highest BCUT2D eigenvalue weighted by Crippen LogP contribution is 2.05. The van der Waals surface area contributed by atoms with Crippen molar-refractivity contribution in [3.8, 4) is 0 Å². The maximum atomic E-state index is 11.8. The first kappa shape index (κ1) is 13.8. The van der Waals surface area contributed by atoms with E-state index in [1.54, 1.807) is 24.5 Å². The number of nitrogens with zero attached hydrogens (tertiary/aromatic N) is 1. The highest BCUT2D eigenvalue weighted by atomic mass is 16.2. The molecular formula is C16H17N3O. The van der Waals surface area contributed by atoms with Crippen LogP contribution in [0.25, 0.3) is 0 Å². The molecular weight excluding hydrogens is 250 g/mol. The van der Waals surface area contributed by atoms with E-state index in [0.29, 0.717) is 5.56 Å². The number of amides is 1. The van der Waals surface area contributed by atoms with Gasteiger partial charge in [0.1, 0.15) is 0 Å². The number of carbonyl (C=O) groups excluding carboxylic acids is 1. The van der Waals surface area contributed by atoms with Gasteiger partial charge in [-0.15, -0.1) is 0 Å². The monoisotopic (exact) mass is 267 g/mol. The average Bonchev–Trinajstić information content (AvgIpc) is 2.52. The Morgan fingerprint density at radius 1 is 1.05 bits per heavy atom. The second-order valence-corrected chi connectivity index (χ2v) is 4.40. The molecule has 0 fully saturated rings. The zero-order valence-corrected chi connectivity index (χ0v) is 11.2. The molecule has 1 amide bonds. The normalized spacial score (nSPS) is 9.80. The second kappa shape index (κ2) is 7.09. The summed E-state index contributed by atoms with van der Waals surface area (Å²) in [6.07, 6.45) is 4.82. The zero-order valence-electron chi connectivity index (χ0n) is 11.2. The van der Waals surface area contributed by atoms with Crippen LogP contribution in [0.2, 0.25) is 0 Å². The average molecular weight is 267 g/mol. The number of carbonyl (C=O) groups is 1. The van der Waals surface area contributed by atoms with Gasteiger partial charge in [0, 0.05) is 23.7 Å². The Morgan fingerprint density at radius 2 is 1.75 bits per heavy atom. The maximum absolute atomic E-state index is 11.8. The second-order valence-electron chi connectivity index (χ2n) is 4.40. The third kappa shape index (κ3) is 4.24. The Morgan fingerprint density at radius 3 is 2.45 bits per heavy atom. The fourth-order valence-electron chi connectivity index (χ4n) is 1.72. The molecule has 1 aromatic carbocycles. The summed E-state index contributed by atoms with van der Waals surface area (Å²) >= 11 is 0. The molecule has 0 unspecified atom stereocenters. The Labute approximate surface area is 118 Å². The fourth-order valence-corrected chi connectivity index (χ4v) is 1.72. The van der Waals surface area contributed by atoms with Crippen LogP contribution in [0.15, 0.2) is 67.1 Å². The Hall–Kier alpha value is -2.62. The smallest absolute Gasteiger partial charge is 0.269 e. The number of aryl methyl sites for hydroxylation is 1. The van der Waals surface area contributed by atoms with Crippen molar-refractivity contribution in [3.63, 3.8) is 0 Å². The quantitative estimate of drug-likeness (QED) is 0.790. The van der Waals surface area contributed by atoms with Crippen LogP contribution in [-0.4, -0.2) is 10.9 Å². The van der Waals surface area contributed by atoms with Crippen molar-refractivity contribution >= 4 is 5.91 Å². The van der Waals surface area contributed by atoms with Crippen molar-refractivity contribution in [1.82, 2.24) is 15.8 Å². The van der Waals surface area contributed by atoms with Crippen molar-refractivity contribution in [1.29, 1.82) is 0 Å². The number of hydrazine groups is 1. The largest absolute Gasteiger partial charge is 0.303 e. The number of nitrogens with one attached hydrogen (secondary N) is 2. The molecule has 2 rings (SSSR count). The number of pyridine rings is 1. The molecule has 1 aromatic heterocycles. The number of benzene rings is 1. The van der Waals surface area contributed by atoms with Gasteiger partial charge in [0.2, 0.25) is 0 Å². The summed E-state index contributed by atoms with van der Waals surface area (Å²) in [5.41, 5.74) is 8.03. The van der Waals surface area contributed by atoms with E-state index in [-0.39, 0.29) is 5.91 Å². The molecule has 1 heterocycles. The molecule has 102 valence electrons. The van der Waals surface area contributed by atoms with Gasteiger partial charge in [-0.1, -0.05) is 36.9 Å². The van der Waals surface area contributed by atoms with E-state index in [4.69, 9.17) is 0 Å². The number of hydrogen-bond donors (Lipinski definition) is 2. The summed E-state index contributed by atoms with van der Waals surface area (Å²) in [4.78, 5) is 15.6. The lowest BCUT2D eigenvalue weighted by Gasteiger charge is -2.11. The highest BCUT2D eigenvalue weighted by Gasteiger charge is 2.04. The number of rotatable bonds is 6. The number of hydrogen-bond acceptors (Lipinski definition) is 3. The summed E-state index contributed by atoms with van der Waals surface area (Å²) in [7, 11) is 0. The van der Waals surface area contributed by atoms with Gasteiger partial charge in [0.25, 0.3) is 5.91 Å². The van der Waals surface area contributed by atoms with Crippen molar-refractivity contribution in [3.05, 3.63) is 78.3 Å². The molecule has 2 aromatic rings. The lowest BCUT2D eigenvalue weighted by molar-refractivity contribution is 0.0938.